The lowest BCUT2D eigenvalue weighted by Crippen LogP contribution is -2.40. The predicted molar refractivity (Wildman–Crippen MR) is 102 cm³/mol. The summed E-state index contributed by atoms with van der Waals surface area (Å²) in [5.41, 5.74) is 1.52. The Labute approximate surface area is 164 Å². The van der Waals surface area contributed by atoms with E-state index < -0.39 is 9.84 Å². The van der Waals surface area contributed by atoms with Crippen LogP contribution < -0.4 is 0 Å². The van der Waals surface area contributed by atoms with Crippen molar-refractivity contribution in [1.82, 2.24) is 19.7 Å². The van der Waals surface area contributed by atoms with Crippen LogP contribution in [0.15, 0.2) is 29.4 Å². The first-order valence-electron chi connectivity index (χ1n) is 8.87. The molecule has 2 aromatic rings. The standard InChI is InChI=1S/C18H23ClN4O3S/c1-13-5-7-21-23(13)9-6-17(24)22-8-3-4-14(12-22)18-16(27(2,25)26)10-15(19)11-20-18/h5,7,10-11,14H,3-4,6,8-9,12H2,1-2H3/t14-/m1/s1. The summed E-state index contributed by atoms with van der Waals surface area (Å²) in [4.78, 5) is 18.9. The molecule has 3 heterocycles. The lowest BCUT2D eigenvalue weighted by atomic mass is 9.94. The third-order valence-corrected chi connectivity index (χ3v) is 6.21. The van der Waals surface area contributed by atoms with E-state index >= 15 is 0 Å². The molecule has 27 heavy (non-hydrogen) atoms. The van der Waals surface area contributed by atoms with Crippen LogP contribution >= 0.6 is 11.6 Å². The van der Waals surface area contributed by atoms with Gasteiger partial charge in [0.25, 0.3) is 0 Å². The number of hydrogen-bond donors (Lipinski definition) is 0. The zero-order valence-electron chi connectivity index (χ0n) is 15.4. The van der Waals surface area contributed by atoms with Gasteiger partial charge in [0.1, 0.15) is 0 Å². The van der Waals surface area contributed by atoms with Gasteiger partial charge in [0, 0.05) is 56.3 Å². The fourth-order valence-corrected chi connectivity index (χ4v) is 4.62. The van der Waals surface area contributed by atoms with Crippen LogP contribution in [0, 0.1) is 6.92 Å². The van der Waals surface area contributed by atoms with Crippen LogP contribution in [0.3, 0.4) is 0 Å². The summed E-state index contributed by atoms with van der Waals surface area (Å²) in [7, 11) is -3.45. The van der Waals surface area contributed by atoms with E-state index in [1.54, 1.807) is 11.1 Å². The monoisotopic (exact) mass is 410 g/mol. The summed E-state index contributed by atoms with van der Waals surface area (Å²) in [6.45, 7) is 3.63. The van der Waals surface area contributed by atoms with Crippen LogP contribution in [0.25, 0.3) is 0 Å². The fraction of sp³-hybridized carbons (Fsp3) is 0.500. The Kier molecular flexibility index (Phi) is 5.86. The Balaban J connectivity index is 1.73. The molecular weight excluding hydrogens is 388 g/mol. The summed E-state index contributed by atoms with van der Waals surface area (Å²) in [6.07, 6.45) is 6.30. The van der Waals surface area contributed by atoms with Crippen molar-refractivity contribution >= 4 is 27.3 Å². The maximum Gasteiger partial charge on any atom is 0.224 e. The van der Waals surface area contributed by atoms with Crippen molar-refractivity contribution in [1.29, 1.82) is 0 Å². The molecule has 3 rings (SSSR count). The molecule has 7 nitrogen and oxygen atoms in total. The van der Waals surface area contributed by atoms with Crippen LogP contribution in [0.2, 0.25) is 5.02 Å². The van der Waals surface area contributed by atoms with E-state index in [9.17, 15) is 13.2 Å². The van der Waals surface area contributed by atoms with Crippen molar-refractivity contribution in [3.05, 3.63) is 40.9 Å². The Hall–Kier alpha value is -1.93. The van der Waals surface area contributed by atoms with Crippen LogP contribution in [0.4, 0.5) is 0 Å². The van der Waals surface area contributed by atoms with Crippen molar-refractivity contribution < 1.29 is 13.2 Å². The van der Waals surface area contributed by atoms with E-state index in [0.717, 1.165) is 24.8 Å². The maximum absolute atomic E-state index is 12.6. The molecular formula is C18H23ClN4O3S. The Bertz CT molecular complexity index is 942. The Morgan fingerprint density at radius 1 is 1.41 bits per heavy atom. The van der Waals surface area contributed by atoms with Crippen molar-refractivity contribution in [3.63, 3.8) is 0 Å². The minimum Gasteiger partial charge on any atom is -0.342 e. The van der Waals surface area contributed by atoms with Gasteiger partial charge in [-0.25, -0.2) is 8.42 Å². The molecule has 2 aromatic heterocycles. The number of piperidine rings is 1. The number of amides is 1. The van der Waals surface area contributed by atoms with E-state index in [4.69, 9.17) is 11.6 Å². The number of carbonyl (C=O) groups is 1. The molecule has 146 valence electrons. The number of aromatic nitrogens is 3. The lowest BCUT2D eigenvalue weighted by molar-refractivity contribution is -0.132. The zero-order valence-corrected chi connectivity index (χ0v) is 17.0. The second-order valence-electron chi connectivity index (χ2n) is 6.93. The van der Waals surface area contributed by atoms with Crippen LogP contribution in [0.5, 0.6) is 0 Å². The minimum absolute atomic E-state index is 0.0458. The topological polar surface area (TPSA) is 85.2 Å². The predicted octanol–water partition coefficient (Wildman–Crippen LogP) is 2.44. The molecule has 0 saturated carbocycles. The number of pyridine rings is 1. The normalized spacial score (nSPS) is 17.9. The molecule has 0 spiro atoms. The van der Waals surface area contributed by atoms with Crippen molar-refractivity contribution in [2.45, 2.75) is 43.5 Å². The van der Waals surface area contributed by atoms with Crippen molar-refractivity contribution in [3.8, 4) is 0 Å². The summed E-state index contributed by atoms with van der Waals surface area (Å²) >= 11 is 5.94. The summed E-state index contributed by atoms with van der Waals surface area (Å²) in [5, 5.41) is 4.49. The number of rotatable bonds is 5. The first kappa shape index (κ1) is 19.8. The van der Waals surface area contributed by atoms with Crippen molar-refractivity contribution in [2.75, 3.05) is 19.3 Å². The van der Waals surface area contributed by atoms with Gasteiger partial charge in [-0.1, -0.05) is 11.6 Å². The largest absolute Gasteiger partial charge is 0.342 e. The van der Waals surface area contributed by atoms with Gasteiger partial charge in [0.05, 0.1) is 15.6 Å². The summed E-state index contributed by atoms with van der Waals surface area (Å²) < 4.78 is 26.1. The SMILES string of the molecule is Cc1ccnn1CCC(=O)N1CCC[C@@H](c2ncc(Cl)cc2S(C)(=O)=O)C1. The van der Waals surface area contributed by atoms with E-state index in [2.05, 4.69) is 10.1 Å². The van der Waals surface area contributed by atoms with Gasteiger partial charge in [0.2, 0.25) is 5.91 Å². The van der Waals surface area contributed by atoms with Crippen LogP contribution in [-0.4, -0.2) is 53.3 Å². The molecule has 1 atom stereocenters. The van der Waals surface area contributed by atoms with Gasteiger partial charge < -0.3 is 4.90 Å². The van der Waals surface area contributed by atoms with Crippen LogP contribution in [0.1, 0.15) is 36.6 Å². The molecule has 1 saturated heterocycles. The average molecular weight is 411 g/mol. The lowest BCUT2D eigenvalue weighted by Gasteiger charge is -2.33. The molecule has 9 heteroatoms. The number of halogens is 1. The molecule has 0 radical (unpaired) electrons. The van der Waals surface area contributed by atoms with Crippen molar-refractivity contribution in [2.24, 2.45) is 0 Å². The number of nitrogens with zero attached hydrogens (tertiary/aromatic N) is 4. The summed E-state index contributed by atoms with van der Waals surface area (Å²) in [6, 6.07) is 3.35. The first-order chi connectivity index (χ1) is 12.8. The summed E-state index contributed by atoms with van der Waals surface area (Å²) in [5.74, 6) is -0.0689. The highest BCUT2D eigenvalue weighted by Crippen LogP contribution is 2.31. The number of likely N-dealkylation sites (tertiary alicyclic amines) is 1. The Morgan fingerprint density at radius 2 is 2.19 bits per heavy atom. The molecule has 0 N–H and O–H groups in total. The maximum atomic E-state index is 12.6. The molecule has 0 aliphatic carbocycles. The highest BCUT2D eigenvalue weighted by molar-refractivity contribution is 7.90. The smallest absolute Gasteiger partial charge is 0.224 e. The van der Waals surface area contributed by atoms with Gasteiger partial charge >= 0.3 is 0 Å². The second-order valence-corrected chi connectivity index (χ2v) is 9.35. The van der Waals surface area contributed by atoms with E-state index in [0.29, 0.717) is 31.7 Å². The van der Waals surface area contributed by atoms with Gasteiger partial charge in [0.15, 0.2) is 9.84 Å². The second kappa shape index (κ2) is 7.98. The van der Waals surface area contributed by atoms with Gasteiger partial charge in [-0.05, 0) is 31.9 Å². The molecule has 0 bridgehead atoms. The minimum atomic E-state index is -3.45. The molecule has 0 unspecified atom stereocenters. The third kappa shape index (κ3) is 4.68. The third-order valence-electron chi connectivity index (χ3n) is 4.88. The molecule has 1 fully saturated rings. The number of aryl methyl sites for hydroxylation is 2. The van der Waals surface area contributed by atoms with Gasteiger partial charge in [-0.2, -0.15) is 5.10 Å². The van der Waals surface area contributed by atoms with Gasteiger partial charge in [-0.15, -0.1) is 0 Å². The van der Waals surface area contributed by atoms with E-state index in [1.807, 2.05) is 17.7 Å². The number of sulfone groups is 1. The molecule has 0 aromatic carbocycles. The zero-order chi connectivity index (χ0) is 19.6. The highest BCUT2D eigenvalue weighted by Gasteiger charge is 2.29. The number of carbonyl (C=O) groups excluding carboxylic acids is 1. The quantitative estimate of drug-likeness (QED) is 0.755. The molecule has 1 amide bonds. The van der Waals surface area contributed by atoms with E-state index in [-0.39, 0.29) is 21.7 Å². The molecule has 1 aliphatic heterocycles. The molecule has 1 aliphatic rings. The highest BCUT2D eigenvalue weighted by atomic mass is 35.5. The van der Waals surface area contributed by atoms with Crippen LogP contribution in [-0.2, 0) is 21.2 Å². The average Bonchev–Trinajstić information content (AvgIpc) is 3.04. The van der Waals surface area contributed by atoms with E-state index in [1.165, 1.54) is 12.3 Å². The Morgan fingerprint density at radius 3 is 2.85 bits per heavy atom. The number of hydrogen-bond acceptors (Lipinski definition) is 5. The fourth-order valence-electron chi connectivity index (χ4n) is 3.45. The first-order valence-corrected chi connectivity index (χ1v) is 11.1. The van der Waals surface area contributed by atoms with Gasteiger partial charge in [-0.3, -0.25) is 14.5 Å².